The van der Waals surface area contributed by atoms with E-state index in [0.29, 0.717) is 6.04 Å². The van der Waals surface area contributed by atoms with Crippen LogP contribution in [-0.4, -0.2) is 7.05 Å². The Balaban J connectivity index is 1.95. The van der Waals surface area contributed by atoms with E-state index in [1.807, 2.05) is 0 Å². The molecule has 0 aliphatic heterocycles. The topological polar surface area (TPSA) is 12.0 Å². The second kappa shape index (κ2) is 8.30. The highest BCUT2D eigenvalue weighted by atomic mass is 79.9. The van der Waals surface area contributed by atoms with E-state index in [-0.39, 0.29) is 0 Å². The van der Waals surface area contributed by atoms with Gasteiger partial charge in [-0.1, -0.05) is 39.0 Å². The lowest BCUT2D eigenvalue weighted by molar-refractivity contribution is 0.218. The molecule has 1 aromatic heterocycles. The summed E-state index contributed by atoms with van der Waals surface area (Å²) in [6.07, 6.45) is 9.79. The number of unbranched alkanes of at least 4 members (excludes halogenated alkanes) is 1. The van der Waals surface area contributed by atoms with Crippen LogP contribution in [0.25, 0.3) is 0 Å². The van der Waals surface area contributed by atoms with Crippen molar-refractivity contribution in [3.8, 4) is 0 Å². The Bertz CT molecular complexity index is 411. The SMILES string of the molecule is CCCCC1CCC(C(NC)c2cc(Br)sc2Br)CC1. The third-order valence-electron chi connectivity index (χ3n) is 4.66. The van der Waals surface area contributed by atoms with Crippen LogP contribution >= 0.6 is 43.2 Å². The fourth-order valence-electron chi connectivity index (χ4n) is 3.51. The maximum absolute atomic E-state index is 3.72. The van der Waals surface area contributed by atoms with Crippen molar-refractivity contribution < 1.29 is 0 Å². The van der Waals surface area contributed by atoms with E-state index < -0.39 is 0 Å². The summed E-state index contributed by atoms with van der Waals surface area (Å²) in [5.74, 6) is 1.78. The summed E-state index contributed by atoms with van der Waals surface area (Å²) < 4.78 is 2.49. The number of hydrogen-bond donors (Lipinski definition) is 1. The quantitative estimate of drug-likeness (QED) is 0.549. The predicted molar refractivity (Wildman–Crippen MR) is 96.5 cm³/mol. The average Bonchev–Trinajstić information content (AvgIpc) is 2.78. The lowest BCUT2D eigenvalue weighted by atomic mass is 9.76. The first-order valence-corrected chi connectivity index (χ1v) is 10.2. The summed E-state index contributed by atoms with van der Waals surface area (Å²) in [4.78, 5) is 0. The van der Waals surface area contributed by atoms with Crippen LogP contribution in [0.2, 0.25) is 0 Å². The second-order valence-electron chi connectivity index (χ2n) is 5.97. The standard InChI is InChI=1S/C16H25Br2NS/c1-3-4-5-11-6-8-12(9-7-11)15(19-2)13-10-14(17)20-16(13)18/h10-12,15,19H,3-9H2,1-2H3. The molecule has 0 saturated heterocycles. The fourth-order valence-corrected chi connectivity index (χ4v) is 6.44. The van der Waals surface area contributed by atoms with Crippen molar-refractivity contribution in [3.63, 3.8) is 0 Å². The van der Waals surface area contributed by atoms with Gasteiger partial charge in [-0.3, -0.25) is 0 Å². The normalized spacial score (nSPS) is 24.8. The molecule has 1 heterocycles. The van der Waals surface area contributed by atoms with Crippen molar-refractivity contribution in [1.29, 1.82) is 0 Å². The molecule has 0 radical (unpaired) electrons. The Morgan fingerprint density at radius 1 is 1.30 bits per heavy atom. The number of hydrogen-bond acceptors (Lipinski definition) is 2. The predicted octanol–water partition coefficient (Wildman–Crippen LogP) is 6.53. The van der Waals surface area contributed by atoms with Crippen LogP contribution in [0.3, 0.4) is 0 Å². The van der Waals surface area contributed by atoms with E-state index in [4.69, 9.17) is 0 Å². The highest BCUT2D eigenvalue weighted by Gasteiger charge is 2.29. The van der Waals surface area contributed by atoms with E-state index >= 15 is 0 Å². The average molecular weight is 423 g/mol. The first-order valence-electron chi connectivity index (χ1n) is 7.77. The summed E-state index contributed by atoms with van der Waals surface area (Å²) in [7, 11) is 2.10. The molecular weight excluding hydrogens is 398 g/mol. The molecule has 1 N–H and O–H groups in total. The molecule has 4 heteroatoms. The van der Waals surface area contributed by atoms with Crippen LogP contribution in [0.15, 0.2) is 13.6 Å². The summed E-state index contributed by atoms with van der Waals surface area (Å²) in [6, 6.07) is 2.78. The molecular formula is C16H25Br2NS. The number of rotatable bonds is 6. The molecule has 1 aromatic rings. The minimum atomic E-state index is 0.499. The lowest BCUT2D eigenvalue weighted by Gasteiger charge is -2.34. The van der Waals surface area contributed by atoms with Gasteiger partial charge in [-0.05, 0) is 75.2 Å². The van der Waals surface area contributed by atoms with Crippen LogP contribution < -0.4 is 5.32 Å². The lowest BCUT2D eigenvalue weighted by Crippen LogP contribution is -2.28. The van der Waals surface area contributed by atoms with Gasteiger partial charge in [0.05, 0.1) is 7.57 Å². The van der Waals surface area contributed by atoms with Crippen molar-refractivity contribution >= 4 is 43.2 Å². The molecule has 0 spiro atoms. The minimum absolute atomic E-state index is 0.499. The summed E-state index contributed by atoms with van der Waals surface area (Å²) >= 11 is 9.10. The molecule has 2 rings (SSSR count). The Morgan fingerprint density at radius 3 is 2.50 bits per heavy atom. The molecule has 1 unspecified atom stereocenters. The van der Waals surface area contributed by atoms with Crippen molar-refractivity contribution in [1.82, 2.24) is 5.32 Å². The van der Waals surface area contributed by atoms with Gasteiger partial charge in [-0.2, -0.15) is 0 Å². The maximum Gasteiger partial charge on any atom is 0.0758 e. The third-order valence-corrected chi connectivity index (χ3v) is 7.04. The van der Waals surface area contributed by atoms with Gasteiger partial charge in [-0.25, -0.2) is 0 Å². The van der Waals surface area contributed by atoms with Crippen LogP contribution in [0, 0.1) is 11.8 Å². The molecule has 1 saturated carbocycles. The molecule has 1 nitrogen and oxygen atoms in total. The van der Waals surface area contributed by atoms with Gasteiger partial charge < -0.3 is 5.32 Å². The molecule has 0 amide bonds. The second-order valence-corrected chi connectivity index (χ2v) is 9.72. The Kier molecular flexibility index (Phi) is 7.05. The summed E-state index contributed by atoms with van der Waals surface area (Å²) in [5, 5.41) is 3.56. The van der Waals surface area contributed by atoms with E-state index in [0.717, 1.165) is 11.8 Å². The number of halogens is 2. The molecule has 1 fully saturated rings. The van der Waals surface area contributed by atoms with E-state index in [9.17, 15) is 0 Å². The van der Waals surface area contributed by atoms with Gasteiger partial charge in [0.1, 0.15) is 0 Å². The van der Waals surface area contributed by atoms with Crippen molar-refractivity contribution in [2.75, 3.05) is 7.05 Å². The summed E-state index contributed by atoms with van der Waals surface area (Å²) in [5.41, 5.74) is 1.43. The van der Waals surface area contributed by atoms with Gasteiger partial charge >= 0.3 is 0 Å². The largest absolute Gasteiger partial charge is 0.313 e. The van der Waals surface area contributed by atoms with Crippen LogP contribution in [0.4, 0.5) is 0 Å². The molecule has 1 aliphatic carbocycles. The Morgan fingerprint density at radius 2 is 2.00 bits per heavy atom. The third kappa shape index (κ3) is 4.31. The molecule has 1 aliphatic rings. The Hall–Kier alpha value is 0.620. The van der Waals surface area contributed by atoms with Gasteiger partial charge in [0.25, 0.3) is 0 Å². The van der Waals surface area contributed by atoms with E-state index in [1.165, 1.54) is 58.1 Å². The molecule has 114 valence electrons. The zero-order valence-electron chi connectivity index (χ0n) is 12.4. The first-order chi connectivity index (χ1) is 9.65. The van der Waals surface area contributed by atoms with Crippen molar-refractivity contribution in [2.24, 2.45) is 11.8 Å². The molecule has 20 heavy (non-hydrogen) atoms. The van der Waals surface area contributed by atoms with Gasteiger partial charge in [0, 0.05) is 6.04 Å². The Labute approximate surface area is 144 Å². The smallest absolute Gasteiger partial charge is 0.0758 e. The van der Waals surface area contributed by atoms with E-state index in [2.05, 4.69) is 57.2 Å². The van der Waals surface area contributed by atoms with Gasteiger partial charge in [-0.15, -0.1) is 11.3 Å². The first kappa shape index (κ1) is 17.0. The van der Waals surface area contributed by atoms with Crippen LogP contribution in [0.1, 0.15) is 63.5 Å². The number of nitrogens with one attached hydrogen (secondary N) is 1. The molecule has 0 aromatic carbocycles. The van der Waals surface area contributed by atoms with Gasteiger partial charge in [0.2, 0.25) is 0 Å². The highest BCUT2D eigenvalue weighted by Crippen LogP contribution is 2.43. The van der Waals surface area contributed by atoms with Crippen LogP contribution in [0.5, 0.6) is 0 Å². The zero-order valence-corrected chi connectivity index (χ0v) is 16.4. The monoisotopic (exact) mass is 421 g/mol. The minimum Gasteiger partial charge on any atom is -0.313 e. The van der Waals surface area contributed by atoms with Crippen molar-refractivity contribution in [2.45, 2.75) is 57.9 Å². The summed E-state index contributed by atoms with van der Waals surface area (Å²) in [6.45, 7) is 2.30. The highest BCUT2D eigenvalue weighted by molar-refractivity contribution is 9.12. The van der Waals surface area contributed by atoms with E-state index in [1.54, 1.807) is 11.3 Å². The zero-order chi connectivity index (χ0) is 14.5. The molecule has 0 bridgehead atoms. The van der Waals surface area contributed by atoms with Crippen LogP contribution in [-0.2, 0) is 0 Å². The molecule has 1 atom stereocenters. The van der Waals surface area contributed by atoms with Crippen molar-refractivity contribution in [3.05, 3.63) is 19.2 Å². The maximum atomic E-state index is 3.72. The van der Waals surface area contributed by atoms with Gasteiger partial charge in [0.15, 0.2) is 0 Å². The number of thiophene rings is 1. The fraction of sp³-hybridized carbons (Fsp3) is 0.750.